The molecule has 0 aromatic heterocycles. The third kappa shape index (κ3) is 4.45. The molecule has 0 saturated carbocycles. The van der Waals surface area contributed by atoms with Crippen molar-refractivity contribution < 1.29 is 5.11 Å². The highest BCUT2D eigenvalue weighted by atomic mass is 79.9. The van der Waals surface area contributed by atoms with Gasteiger partial charge in [0.05, 0.1) is 0 Å². The van der Waals surface area contributed by atoms with E-state index < -0.39 is 5.90 Å². The van der Waals surface area contributed by atoms with Crippen molar-refractivity contribution in [1.29, 1.82) is 5.41 Å². The Labute approximate surface area is 63.9 Å². The molecule has 1 unspecified atom stereocenters. The van der Waals surface area contributed by atoms with E-state index in [0.29, 0.717) is 0 Å². The zero-order valence-corrected chi connectivity index (χ0v) is 7.07. The fourth-order valence-electron chi connectivity index (χ4n) is 0.514. The first kappa shape index (κ1) is 8.95. The van der Waals surface area contributed by atoms with Gasteiger partial charge < -0.3 is 10.5 Å². The molecule has 0 amide bonds. The van der Waals surface area contributed by atoms with Crippen molar-refractivity contribution in [2.45, 2.75) is 19.8 Å². The minimum absolute atomic E-state index is 0.0810. The number of hydrogen-bond donors (Lipinski definition) is 1. The molecule has 0 aromatic rings. The summed E-state index contributed by atoms with van der Waals surface area (Å²) >= 11 is 3.25. The van der Waals surface area contributed by atoms with Crippen LogP contribution >= 0.6 is 15.9 Å². The fourth-order valence-corrected chi connectivity index (χ4v) is 0.838. The molecule has 1 N–H and O–H groups in total. The number of halogens is 1. The van der Waals surface area contributed by atoms with Gasteiger partial charge in [0.15, 0.2) is 0 Å². The third-order valence-corrected chi connectivity index (χ3v) is 1.78. The van der Waals surface area contributed by atoms with Crippen LogP contribution in [0.3, 0.4) is 0 Å². The van der Waals surface area contributed by atoms with E-state index in [-0.39, 0.29) is 5.92 Å². The molecule has 0 rings (SSSR count). The van der Waals surface area contributed by atoms with Gasteiger partial charge in [0, 0.05) is 5.33 Å². The Bertz CT molecular complexity index is 95.1. The van der Waals surface area contributed by atoms with Gasteiger partial charge in [-0.15, -0.1) is 0 Å². The predicted octanol–water partition coefficient (Wildman–Crippen LogP) is 1.14. The lowest BCUT2D eigenvalue weighted by Crippen LogP contribution is -2.24. The first-order chi connectivity index (χ1) is 4.18. The molecule has 0 spiro atoms. The molecule has 0 aromatic carbocycles. The molecule has 0 bridgehead atoms. The Balaban J connectivity index is 3.27. The van der Waals surface area contributed by atoms with Gasteiger partial charge in [-0.1, -0.05) is 22.9 Å². The van der Waals surface area contributed by atoms with E-state index in [9.17, 15) is 5.11 Å². The van der Waals surface area contributed by atoms with Crippen LogP contribution in [0.2, 0.25) is 0 Å². The van der Waals surface area contributed by atoms with E-state index >= 15 is 0 Å². The molecule has 2 nitrogen and oxygen atoms in total. The highest BCUT2D eigenvalue weighted by Crippen LogP contribution is 2.05. The lowest BCUT2D eigenvalue weighted by molar-refractivity contribution is -0.225. The van der Waals surface area contributed by atoms with Crippen LogP contribution in [0.4, 0.5) is 0 Å². The molecule has 9 heavy (non-hydrogen) atoms. The second kappa shape index (κ2) is 4.79. The van der Waals surface area contributed by atoms with E-state index in [1.807, 2.05) is 0 Å². The van der Waals surface area contributed by atoms with Crippen LogP contribution in [-0.2, 0) is 0 Å². The molecular weight excluding hydrogens is 182 g/mol. The maximum absolute atomic E-state index is 10.3. The molecule has 0 heterocycles. The van der Waals surface area contributed by atoms with E-state index in [1.165, 1.54) is 0 Å². The van der Waals surface area contributed by atoms with Gasteiger partial charge in [0.25, 0.3) is 0 Å². The number of rotatable bonds is 4. The SMILES string of the molecule is CC(CCCBr)C(=N)[O-]. The third-order valence-electron chi connectivity index (χ3n) is 1.22. The average Bonchev–Trinajstić information content (AvgIpc) is 1.82. The van der Waals surface area contributed by atoms with E-state index in [1.54, 1.807) is 6.92 Å². The minimum Gasteiger partial charge on any atom is -0.862 e. The molecule has 0 radical (unpaired) electrons. The summed E-state index contributed by atoms with van der Waals surface area (Å²) in [6, 6.07) is 0. The van der Waals surface area contributed by atoms with Crippen molar-refractivity contribution in [3.8, 4) is 0 Å². The summed E-state index contributed by atoms with van der Waals surface area (Å²) < 4.78 is 0. The van der Waals surface area contributed by atoms with Crippen molar-refractivity contribution in [2.24, 2.45) is 5.92 Å². The summed E-state index contributed by atoms with van der Waals surface area (Å²) in [6.07, 6.45) is 1.80. The topological polar surface area (TPSA) is 46.9 Å². The van der Waals surface area contributed by atoms with Gasteiger partial charge in [-0.05, 0) is 24.7 Å². The molecule has 54 valence electrons. The summed E-state index contributed by atoms with van der Waals surface area (Å²) in [7, 11) is 0. The summed E-state index contributed by atoms with van der Waals surface area (Å²) in [4.78, 5) is 0. The largest absolute Gasteiger partial charge is 0.862 e. The Morgan fingerprint density at radius 3 is 2.67 bits per heavy atom. The Morgan fingerprint density at radius 1 is 1.78 bits per heavy atom. The highest BCUT2D eigenvalue weighted by molar-refractivity contribution is 9.09. The second-order valence-corrected chi connectivity index (χ2v) is 2.89. The van der Waals surface area contributed by atoms with Crippen LogP contribution in [0.1, 0.15) is 19.8 Å². The van der Waals surface area contributed by atoms with Crippen LogP contribution in [0.15, 0.2) is 0 Å². The molecule has 1 atom stereocenters. The summed E-state index contributed by atoms with van der Waals surface area (Å²) in [5.74, 6) is -0.529. The molecule has 0 fully saturated rings. The van der Waals surface area contributed by atoms with E-state index in [4.69, 9.17) is 5.41 Å². The normalized spacial score (nSPS) is 13.1. The molecule has 3 heteroatoms. The Kier molecular flexibility index (Phi) is 4.77. The van der Waals surface area contributed by atoms with Crippen LogP contribution in [0.25, 0.3) is 0 Å². The van der Waals surface area contributed by atoms with Crippen molar-refractivity contribution in [1.82, 2.24) is 0 Å². The molecule has 0 aliphatic heterocycles. The van der Waals surface area contributed by atoms with Gasteiger partial charge in [-0.3, -0.25) is 0 Å². The average molecular weight is 193 g/mol. The number of nitrogens with one attached hydrogen (secondary N) is 1. The lowest BCUT2D eigenvalue weighted by atomic mass is 10.1. The lowest BCUT2D eigenvalue weighted by Gasteiger charge is -2.14. The van der Waals surface area contributed by atoms with Crippen molar-refractivity contribution in [2.75, 3.05) is 5.33 Å². The zero-order chi connectivity index (χ0) is 7.28. The highest BCUT2D eigenvalue weighted by Gasteiger charge is 1.97. The zero-order valence-electron chi connectivity index (χ0n) is 5.48. The standard InChI is InChI=1S/C6H12BrNO/c1-5(6(8)9)3-2-4-7/h5H,2-4H2,1H3,(H2,8,9)/p-1. The first-order valence-corrected chi connectivity index (χ1v) is 4.12. The maximum atomic E-state index is 10.3. The maximum Gasteiger partial charge on any atom is 0.00315 e. The quantitative estimate of drug-likeness (QED) is 0.406. The van der Waals surface area contributed by atoms with Crippen LogP contribution in [0.5, 0.6) is 0 Å². The minimum atomic E-state index is -0.448. The van der Waals surface area contributed by atoms with Gasteiger partial charge in [-0.2, -0.15) is 0 Å². The van der Waals surface area contributed by atoms with Crippen molar-refractivity contribution in [3.05, 3.63) is 0 Å². The smallest absolute Gasteiger partial charge is 0.00315 e. The van der Waals surface area contributed by atoms with Gasteiger partial charge in [0.1, 0.15) is 0 Å². The Hall–Kier alpha value is -0.0500. The van der Waals surface area contributed by atoms with Crippen molar-refractivity contribution in [3.63, 3.8) is 0 Å². The first-order valence-electron chi connectivity index (χ1n) is 3.00. The monoisotopic (exact) mass is 192 g/mol. The molecule has 0 aliphatic rings. The van der Waals surface area contributed by atoms with Gasteiger partial charge >= 0.3 is 0 Å². The van der Waals surface area contributed by atoms with Gasteiger partial charge in [-0.25, -0.2) is 0 Å². The molecule has 0 aliphatic carbocycles. The number of hydrogen-bond acceptors (Lipinski definition) is 2. The van der Waals surface area contributed by atoms with E-state index in [0.717, 1.165) is 18.2 Å². The Morgan fingerprint density at radius 2 is 2.33 bits per heavy atom. The number of alkyl halides is 1. The van der Waals surface area contributed by atoms with Gasteiger partial charge in [0.2, 0.25) is 0 Å². The second-order valence-electron chi connectivity index (χ2n) is 2.10. The van der Waals surface area contributed by atoms with Crippen molar-refractivity contribution >= 4 is 21.8 Å². The summed E-state index contributed by atoms with van der Waals surface area (Å²) in [6.45, 7) is 1.79. The molecular formula is C6H11BrNO-. The van der Waals surface area contributed by atoms with E-state index in [2.05, 4.69) is 15.9 Å². The summed E-state index contributed by atoms with van der Waals surface area (Å²) in [5, 5.41) is 17.9. The van der Waals surface area contributed by atoms with Crippen LogP contribution < -0.4 is 5.11 Å². The van der Waals surface area contributed by atoms with Crippen LogP contribution in [-0.4, -0.2) is 11.2 Å². The fraction of sp³-hybridized carbons (Fsp3) is 0.833. The summed E-state index contributed by atoms with van der Waals surface area (Å²) in [5.41, 5.74) is 0. The van der Waals surface area contributed by atoms with Crippen LogP contribution in [0, 0.1) is 11.3 Å². The predicted molar refractivity (Wildman–Crippen MR) is 39.9 cm³/mol. The molecule has 0 saturated heterocycles.